The first kappa shape index (κ1) is 21.3. The molecule has 1 aromatic carbocycles. The van der Waals surface area contributed by atoms with Crippen LogP contribution in [-0.4, -0.2) is 43.2 Å². The second-order valence-electron chi connectivity index (χ2n) is 7.12. The van der Waals surface area contributed by atoms with Crippen LogP contribution in [0.4, 0.5) is 5.13 Å². The van der Waals surface area contributed by atoms with Crippen molar-refractivity contribution in [3.05, 3.63) is 40.9 Å². The zero-order chi connectivity index (χ0) is 21.0. The molecule has 0 aliphatic carbocycles. The van der Waals surface area contributed by atoms with Crippen molar-refractivity contribution in [2.24, 2.45) is 11.7 Å². The third kappa shape index (κ3) is 5.54. The van der Waals surface area contributed by atoms with Gasteiger partial charge in [-0.1, -0.05) is 17.7 Å². The van der Waals surface area contributed by atoms with Gasteiger partial charge in [0.15, 0.2) is 5.13 Å². The molecule has 1 fully saturated rings. The fraction of sp³-hybridized carbons (Fsp3) is 0.421. The Morgan fingerprint density at radius 2 is 1.90 bits per heavy atom. The van der Waals surface area contributed by atoms with Crippen molar-refractivity contribution in [2.75, 3.05) is 17.8 Å². The van der Waals surface area contributed by atoms with E-state index in [2.05, 4.69) is 9.71 Å². The topological polar surface area (TPSA) is 122 Å². The predicted octanol–water partition coefficient (Wildman–Crippen LogP) is 1.91. The number of rotatable bonds is 7. The summed E-state index contributed by atoms with van der Waals surface area (Å²) in [5.41, 5.74) is 6.95. The Labute approximate surface area is 174 Å². The third-order valence-electron chi connectivity index (χ3n) is 4.95. The number of piperidine rings is 1. The molecule has 29 heavy (non-hydrogen) atoms. The summed E-state index contributed by atoms with van der Waals surface area (Å²) in [7, 11) is -3.69. The van der Waals surface area contributed by atoms with Gasteiger partial charge in [0.25, 0.3) is 10.0 Å². The maximum absolute atomic E-state index is 12.4. The Hall–Kier alpha value is -2.46. The second-order valence-corrected chi connectivity index (χ2v) is 9.66. The van der Waals surface area contributed by atoms with Gasteiger partial charge in [0.2, 0.25) is 11.8 Å². The van der Waals surface area contributed by atoms with Gasteiger partial charge in [-0.2, -0.15) is 0 Å². The number of thiazole rings is 1. The highest BCUT2D eigenvalue weighted by Crippen LogP contribution is 2.22. The zero-order valence-corrected chi connectivity index (χ0v) is 17.8. The van der Waals surface area contributed by atoms with Gasteiger partial charge in [0.1, 0.15) is 0 Å². The molecule has 2 heterocycles. The van der Waals surface area contributed by atoms with Crippen LogP contribution in [0.2, 0.25) is 0 Å². The van der Waals surface area contributed by atoms with Gasteiger partial charge < -0.3 is 10.6 Å². The van der Waals surface area contributed by atoms with Gasteiger partial charge >= 0.3 is 0 Å². The number of nitrogens with two attached hydrogens (primary N) is 1. The summed E-state index contributed by atoms with van der Waals surface area (Å²) in [5.74, 6) is -0.454. The van der Waals surface area contributed by atoms with E-state index in [0.717, 1.165) is 5.56 Å². The van der Waals surface area contributed by atoms with Gasteiger partial charge in [0.05, 0.1) is 10.6 Å². The van der Waals surface area contributed by atoms with E-state index in [1.807, 2.05) is 6.92 Å². The molecule has 0 unspecified atom stereocenters. The molecule has 10 heteroatoms. The summed E-state index contributed by atoms with van der Waals surface area (Å²) < 4.78 is 27.3. The molecule has 156 valence electrons. The first-order valence-corrected chi connectivity index (χ1v) is 11.7. The van der Waals surface area contributed by atoms with E-state index >= 15 is 0 Å². The fourth-order valence-corrected chi connectivity index (χ4v) is 5.16. The van der Waals surface area contributed by atoms with Crippen LogP contribution >= 0.6 is 11.3 Å². The number of amides is 2. The molecule has 0 saturated carbocycles. The quantitative estimate of drug-likeness (QED) is 0.686. The first-order valence-electron chi connectivity index (χ1n) is 9.35. The monoisotopic (exact) mass is 436 g/mol. The summed E-state index contributed by atoms with van der Waals surface area (Å²) in [6.07, 6.45) is 1.91. The molecule has 0 bridgehead atoms. The highest BCUT2D eigenvalue weighted by molar-refractivity contribution is 7.93. The number of carbonyl (C=O) groups excluding carboxylic acids is 2. The number of likely N-dealkylation sites (tertiary alicyclic amines) is 1. The Kier molecular flexibility index (Phi) is 6.53. The first-order chi connectivity index (χ1) is 13.7. The van der Waals surface area contributed by atoms with E-state index in [1.54, 1.807) is 34.5 Å². The molecule has 8 nitrogen and oxygen atoms in total. The van der Waals surface area contributed by atoms with Crippen LogP contribution in [0.5, 0.6) is 0 Å². The van der Waals surface area contributed by atoms with Gasteiger partial charge in [-0.05, 0) is 38.3 Å². The number of sulfonamides is 1. The number of nitrogens with zero attached hydrogens (tertiary/aromatic N) is 2. The standard InChI is InChI=1S/C19H24N4O4S2/c1-13-2-5-16(6-3-13)29(26,27)22-19-21-15(12-28-19)4-7-17(24)23-10-8-14(9-11-23)18(20)25/h2-3,5-6,12,14H,4,7-11H2,1H3,(H2,20,25)(H,21,22). The molecule has 1 aliphatic heterocycles. The van der Waals surface area contributed by atoms with E-state index in [-0.39, 0.29) is 34.2 Å². The minimum absolute atomic E-state index is 0.00251. The van der Waals surface area contributed by atoms with E-state index in [4.69, 9.17) is 5.73 Å². The van der Waals surface area contributed by atoms with Crippen LogP contribution < -0.4 is 10.5 Å². The van der Waals surface area contributed by atoms with Crippen LogP contribution in [0, 0.1) is 12.8 Å². The molecule has 0 atom stereocenters. The lowest BCUT2D eigenvalue weighted by Gasteiger charge is -2.30. The maximum Gasteiger partial charge on any atom is 0.263 e. The van der Waals surface area contributed by atoms with Crippen molar-refractivity contribution in [3.8, 4) is 0 Å². The average molecular weight is 437 g/mol. The Bertz CT molecular complexity index is 978. The van der Waals surface area contributed by atoms with Crippen molar-refractivity contribution in [3.63, 3.8) is 0 Å². The lowest BCUT2D eigenvalue weighted by Crippen LogP contribution is -2.41. The van der Waals surface area contributed by atoms with Gasteiger partial charge in [-0.3, -0.25) is 14.3 Å². The van der Waals surface area contributed by atoms with Gasteiger partial charge in [-0.15, -0.1) is 11.3 Å². The van der Waals surface area contributed by atoms with Crippen molar-refractivity contribution in [1.29, 1.82) is 0 Å². The molecule has 0 radical (unpaired) electrons. The number of anilines is 1. The van der Waals surface area contributed by atoms with Crippen LogP contribution in [0.25, 0.3) is 0 Å². The lowest BCUT2D eigenvalue weighted by atomic mass is 9.96. The van der Waals surface area contributed by atoms with E-state index < -0.39 is 10.0 Å². The number of benzene rings is 1. The molecular weight excluding hydrogens is 412 g/mol. The van der Waals surface area contributed by atoms with Gasteiger partial charge in [0, 0.05) is 30.8 Å². The predicted molar refractivity (Wildman–Crippen MR) is 111 cm³/mol. The molecule has 1 saturated heterocycles. The molecule has 3 rings (SSSR count). The van der Waals surface area contributed by atoms with Crippen molar-refractivity contribution in [1.82, 2.24) is 9.88 Å². The van der Waals surface area contributed by atoms with E-state index in [0.29, 0.717) is 38.0 Å². The van der Waals surface area contributed by atoms with Crippen LogP contribution in [0.3, 0.4) is 0 Å². The minimum atomic E-state index is -3.69. The summed E-state index contributed by atoms with van der Waals surface area (Å²) in [4.78, 5) is 29.8. The molecule has 0 spiro atoms. The number of primary amides is 1. The second kappa shape index (κ2) is 8.91. The van der Waals surface area contributed by atoms with Crippen LogP contribution in [-0.2, 0) is 26.0 Å². The largest absolute Gasteiger partial charge is 0.369 e. The Morgan fingerprint density at radius 3 is 2.52 bits per heavy atom. The Morgan fingerprint density at radius 1 is 1.24 bits per heavy atom. The summed E-state index contributed by atoms with van der Waals surface area (Å²) in [6.45, 7) is 2.95. The summed E-state index contributed by atoms with van der Waals surface area (Å²) in [5, 5.41) is 2.02. The van der Waals surface area contributed by atoms with Crippen molar-refractivity contribution >= 4 is 38.3 Å². The number of nitrogens with one attached hydrogen (secondary N) is 1. The fourth-order valence-electron chi connectivity index (χ4n) is 3.17. The average Bonchev–Trinajstić information content (AvgIpc) is 3.13. The van der Waals surface area contributed by atoms with Crippen LogP contribution in [0.1, 0.15) is 30.5 Å². The molecule has 1 aliphatic rings. The SMILES string of the molecule is Cc1ccc(S(=O)(=O)Nc2nc(CCC(=O)N3CCC(C(N)=O)CC3)cs2)cc1. The number of hydrogen-bond donors (Lipinski definition) is 2. The van der Waals surface area contributed by atoms with Crippen molar-refractivity contribution in [2.45, 2.75) is 37.5 Å². The number of hydrogen-bond acceptors (Lipinski definition) is 6. The lowest BCUT2D eigenvalue weighted by molar-refractivity contribution is -0.134. The minimum Gasteiger partial charge on any atom is -0.369 e. The Balaban J connectivity index is 1.52. The highest BCUT2D eigenvalue weighted by Gasteiger charge is 2.25. The number of aromatic nitrogens is 1. The third-order valence-corrected chi connectivity index (χ3v) is 7.24. The van der Waals surface area contributed by atoms with Gasteiger partial charge in [-0.25, -0.2) is 13.4 Å². The summed E-state index contributed by atoms with van der Waals surface area (Å²) >= 11 is 1.19. The number of carbonyl (C=O) groups is 2. The molecule has 3 N–H and O–H groups in total. The maximum atomic E-state index is 12.4. The summed E-state index contributed by atoms with van der Waals surface area (Å²) in [6, 6.07) is 6.57. The smallest absolute Gasteiger partial charge is 0.263 e. The zero-order valence-electron chi connectivity index (χ0n) is 16.1. The van der Waals surface area contributed by atoms with Crippen molar-refractivity contribution < 1.29 is 18.0 Å². The van der Waals surface area contributed by atoms with E-state index in [1.165, 1.54) is 11.3 Å². The highest BCUT2D eigenvalue weighted by atomic mass is 32.2. The number of aryl methyl sites for hydroxylation is 2. The molecular formula is C19H24N4O4S2. The molecule has 1 aromatic heterocycles. The normalized spacial score (nSPS) is 15.3. The van der Waals surface area contributed by atoms with E-state index in [9.17, 15) is 18.0 Å². The van der Waals surface area contributed by atoms with Crippen LogP contribution in [0.15, 0.2) is 34.5 Å². The molecule has 2 amide bonds. The molecule has 2 aromatic rings.